The molecule has 0 spiro atoms. The number of nitrogens with zero attached hydrogens (tertiary/aromatic N) is 2. The number of aryl methyl sites for hydroxylation is 2. The molecule has 2 heterocycles. The third-order valence-corrected chi connectivity index (χ3v) is 3.63. The molecule has 0 radical (unpaired) electrons. The van der Waals surface area contributed by atoms with E-state index < -0.39 is 0 Å². The second kappa shape index (κ2) is 5.10. The maximum Gasteiger partial charge on any atom is 0.227 e. The van der Waals surface area contributed by atoms with Gasteiger partial charge in [0.2, 0.25) is 5.91 Å². The number of aromatic nitrogens is 1. The summed E-state index contributed by atoms with van der Waals surface area (Å²) in [5, 5.41) is 7.22. The highest BCUT2D eigenvalue weighted by Gasteiger charge is 2.29. The summed E-state index contributed by atoms with van der Waals surface area (Å²) in [6.07, 6.45) is 0.385. The van der Waals surface area contributed by atoms with Crippen molar-refractivity contribution in [3.05, 3.63) is 17.0 Å². The molecule has 2 rings (SSSR count). The lowest BCUT2D eigenvalue weighted by Crippen LogP contribution is -2.57. The zero-order valence-corrected chi connectivity index (χ0v) is 11.5. The van der Waals surface area contributed by atoms with Crippen LogP contribution in [0.2, 0.25) is 0 Å². The molecule has 1 aliphatic rings. The van der Waals surface area contributed by atoms with Gasteiger partial charge in [-0.25, -0.2) is 0 Å². The van der Waals surface area contributed by atoms with Crippen molar-refractivity contribution in [1.29, 1.82) is 0 Å². The van der Waals surface area contributed by atoms with E-state index in [-0.39, 0.29) is 18.0 Å². The van der Waals surface area contributed by atoms with Crippen LogP contribution in [0.15, 0.2) is 4.52 Å². The number of carbonyl (C=O) groups excluding carboxylic acids is 1. The monoisotopic (exact) mass is 251 g/mol. The molecule has 1 aromatic rings. The predicted octanol–water partition coefficient (Wildman–Crippen LogP) is 1.04. The van der Waals surface area contributed by atoms with Crippen LogP contribution in [0.5, 0.6) is 0 Å². The molecule has 1 aromatic heterocycles. The van der Waals surface area contributed by atoms with E-state index in [1.54, 1.807) is 0 Å². The summed E-state index contributed by atoms with van der Waals surface area (Å²) in [5.74, 6) is 0.905. The third-order valence-electron chi connectivity index (χ3n) is 3.63. The number of piperazine rings is 1. The van der Waals surface area contributed by atoms with Crippen LogP contribution >= 0.6 is 0 Å². The van der Waals surface area contributed by atoms with Gasteiger partial charge in [-0.3, -0.25) is 4.79 Å². The SMILES string of the molecule is Cc1noc(C)c1CC(=O)N1C(C)CNCC1C. The van der Waals surface area contributed by atoms with Gasteiger partial charge in [-0.1, -0.05) is 5.16 Å². The fourth-order valence-electron chi connectivity index (χ4n) is 2.62. The first-order chi connectivity index (χ1) is 8.50. The Balaban J connectivity index is 2.12. The molecule has 1 fully saturated rings. The minimum Gasteiger partial charge on any atom is -0.361 e. The van der Waals surface area contributed by atoms with E-state index in [1.165, 1.54) is 0 Å². The Kier molecular flexibility index (Phi) is 3.71. The normalized spacial score (nSPS) is 24.3. The van der Waals surface area contributed by atoms with Crippen LogP contribution in [0.3, 0.4) is 0 Å². The van der Waals surface area contributed by atoms with E-state index in [4.69, 9.17) is 4.52 Å². The Labute approximate surface area is 108 Å². The zero-order valence-electron chi connectivity index (χ0n) is 11.5. The van der Waals surface area contributed by atoms with Crippen molar-refractivity contribution in [2.75, 3.05) is 13.1 Å². The van der Waals surface area contributed by atoms with Crippen LogP contribution < -0.4 is 5.32 Å². The Morgan fingerprint density at radius 3 is 2.50 bits per heavy atom. The molecule has 0 saturated carbocycles. The fourth-order valence-corrected chi connectivity index (χ4v) is 2.62. The molecule has 1 saturated heterocycles. The summed E-state index contributed by atoms with van der Waals surface area (Å²) < 4.78 is 5.10. The first kappa shape index (κ1) is 13.1. The summed E-state index contributed by atoms with van der Waals surface area (Å²) in [6.45, 7) is 9.61. The number of hydrogen-bond donors (Lipinski definition) is 1. The van der Waals surface area contributed by atoms with Crippen LogP contribution in [-0.4, -0.2) is 41.1 Å². The molecular weight excluding hydrogens is 230 g/mol. The van der Waals surface area contributed by atoms with Gasteiger partial charge in [0.1, 0.15) is 5.76 Å². The average molecular weight is 251 g/mol. The molecule has 2 unspecified atom stereocenters. The summed E-state index contributed by atoms with van der Waals surface area (Å²) in [7, 11) is 0. The number of rotatable bonds is 2. The van der Waals surface area contributed by atoms with Crippen LogP contribution in [0, 0.1) is 13.8 Å². The van der Waals surface area contributed by atoms with Crippen molar-refractivity contribution in [2.45, 2.75) is 46.2 Å². The van der Waals surface area contributed by atoms with E-state index in [9.17, 15) is 4.79 Å². The lowest BCUT2D eigenvalue weighted by molar-refractivity contribution is -0.135. The van der Waals surface area contributed by atoms with Gasteiger partial charge in [-0.2, -0.15) is 0 Å². The zero-order chi connectivity index (χ0) is 13.3. The Morgan fingerprint density at radius 1 is 1.39 bits per heavy atom. The Hall–Kier alpha value is -1.36. The van der Waals surface area contributed by atoms with Gasteiger partial charge in [-0.05, 0) is 27.7 Å². The van der Waals surface area contributed by atoms with Crippen molar-refractivity contribution in [2.24, 2.45) is 0 Å². The summed E-state index contributed by atoms with van der Waals surface area (Å²) in [5.41, 5.74) is 1.74. The van der Waals surface area contributed by atoms with Crippen molar-refractivity contribution >= 4 is 5.91 Å². The van der Waals surface area contributed by atoms with E-state index in [0.29, 0.717) is 6.42 Å². The Morgan fingerprint density at radius 2 is 2.00 bits per heavy atom. The fraction of sp³-hybridized carbons (Fsp3) is 0.692. The van der Waals surface area contributed by atoms with Crippen molar-refractivity contribution < 1.29 is 9.32 Å². The molecule has 1 aliphatic heterocycles. The average Bonchev–Trinajstić information content (AvgIpc) is 2.60. The van der Waals surface area contributed by atoms with Crippen molar-refractivity contribution in [3.63, 3.8) is 0 Å². The van der Waals surface area contributed by atoms with Crippen LogP contribution in [0.4, 0.5) is 0 Å². The van der Waals surface area contributed by atoms with Gasteiger partial charge in [0.15, 0.2) is 0 Å². The number of nitrogens with one attached hydrogen (secondary N) is 1. The van der Waals surface area contributed by atoms with E-state index in [0.717, 1.165) is 30.1 Å². The topological polar surface area (TPSA) is 58.4 Å². The predicted molar refractivity (Wildman–Crippen MR) is 68.3 cm³/mol. The molecule has 0 aromatic carbocycles. The smallest absolute Gasteiger partial charge is 0.227 e. The first-order valence-corrected chi connectivity index (χ1v) is 6.44. The van der Waals surface area contributed by atoms with Gasteiger partial charge in [-0.15, -0.1) is 0 Å². The minimum atomic E-state index is 0.158. The second-order valence-corrected chi connectivity index (χ2v) is 5.14. The first-order valence-electron chi connectivity index (χ1n) is 6.44. The molecule has 18 heavy (non-hydrogen) atoms. The van der Waals surface area contributed by atoms with Crippen molar-refractivity contribution in [3.8, 4) is 0 Å². The molecule has 1 amide bonds. The van der Waals surface area contributed by atoms with Gasteiger partial charge in [0, 0.05) is 30.7 Å². The highest BCUT2D eigenvalue weighted by atomic mass is 16.5. The summed E-state index contributed by atoms with van der Waals surface area (Å²) >= 11 is 0. The molecule has 1 N–H and O–H groups in total. The summed E-state index contributed by atoms with van der Waals surface area (Å²) in [4.78, 5) is 14.4. The highest BCUT2D eigenvalue weighted by Crippen LogP contribution is 2.17. The van der Waals surface area contributed by atoms with E-state index in [1.807, 2.05) is 18.7 Å². The van der Waals surface area contributed by atoms with Gasteiger partial charge in [0.25, 0.3) is 0 Å². The molecular formula is C13H21N3O2. The van der Waals surface area contributed by atoms with Crippen LogP contribution in [-0.2, 0) is 11.2 Å². The van der Waals surface area contributed by atoms with Gasteiger partial charge < -0.3 is 14.7 Å². The molecule has 2 atom stereocenters. The van der Waals surface area contributed by atoms with E-state index >= 15 is 0 Å². The van der Waals surface area contributed by atoms with Gasteiger partial charge in [0.05, 0.1) is 12.1 Å². The maximum atomic E-state index is 12.4. The van der Waals surface area contributed by atoms with Crippen LogP contribution in [0.1, 0.15) is 30.9 Å². The number of hydrogen-bond acceptors (Lipinski definition) is 4. The molecule has 5 heteroatoms. The van der Waals surface area contributed by atoms with Gasteiger partial charge >= 0.3 is 0 Å². The number of amides is 1. The van der Waals surface area contributed by atoms with Crippen molar-refractivity contribution in [1.82, 2.24) is 15.4 Å². The van der Waals surface area contributed by atoms with E-state index in [2.05, 4.69) is 24.3 Å². The lowest BCUT2D eigenvalue weighted by Gasteiger charge is -2.39. The van der Waals surface area contributed by atoms with Crippen LogP contribution in [0.25, 0.3) is 0 Å². The standard InChI is InChI=1S/C13H21N3O2/c1-8-6-14-7-9(2)16(8)13(17)5-12-10(3)15-18-11(12)4/h8-9,14H,5-7H2,1-4H3. The minimum absolute atomic E-state index is 0.158. The molecule has 100 valence electrons. The lowest BCUT2D eigenvalue weighted by atomic mass is 10.1. The summed E-state index contributed by atoms with van der Waals surface area (Å²) in [6, 6.07) is 0.475. The second-order valence-electron chi connectivity index (χ2n) is 5.14. The molecule has 0 aliphatic carbocycles. The maximum absolute atomic E-state index is 12.4. The largest absolute Gasteiger partial charge is 0.361 e. The third kappa shape index (κ3) is 2.41. The number of carbonyl (C=O) groups is 1. The molecule has 5 nitrogen and oxygen atoms in total. The Bertz CT molecular complexity index is 412. The molecule has 0 bridgehead atoms. The quantitative estimate of drug-likeness (QED) is 0.853. The highest BCUT2D eigenvalue weighted by molar-refractivity contribution is 5.80.